The molecule has 0 radical (unpaired) electrons. The van der Waals surface area contributed by atoms with Crippen molar-refractivity contribution < 1.29 is 0 Å². The van der Waals surface area contributed by atoms with Gasteiger partial charge in [0.1, 0.15) is 0 Å². The maximum absolute atomic E-state index is 11.2. The molecule has 2 rings (SSSR count). The Balaban J connectivity index is 2.49. The maximum Gasteiger partial charge on any atom is 0.267 e. The average Bonchev–Trinajstić information content (AvgIpc) is 2.88. The molecule has 1 aromatic rings. The lowest BCUT2D eigenvalue weighted by Crippen LogP contribution is -2.21. The summed E-state index contributed by atoms with van der Waals surface area (Å²) in [5.74, 6) is 0. The molecule has 1 heterocycles. The predicted octanol–water partition coefficient (Wildman–Crippen LogP) is 1.22. The minimum atomic E-state index is -0.0110. The Morgan fingerprint density at radius 3 is 2.92 bits per heavy atom. The molecule has 0 spiro atoms. The lowest BCUT2D eigenvalue weighted by molar-refractivity contribution is 0.596. The van der Waals surface area contributed by atoms with Crippen LogP contribution in [-0.2, 0) is 0 Å². The number of hydrogen-bond donors (Lipinski definition) is 0. The second-order valence-electron chi connectivity index (χ2n) is 2.98. The van der Waals surface area contributed by atoms with Gasteiger partial charge in [-0.15, -0.1) is 0 Å². The van der Waals surface area contributed by atoms with Crippen LogP contribution in [0.25, 0.3) is 6.08 Å². The van der Waals surface area contributed by atoms with Crippen LogP contribution in [0.5, 0.6) is 0 Å². The van der Waals surface area contributed by atoms with Crippen LogP contribution in [0.3, 0.4) is 0 Å². The first-order chi connectivity index (χ1) is 5.81. The van der Waals surface area contributed by atoms with Crippen LogP contribution >= 0.6 is 0 Å². The summed E-state index contributed by atoms with van der Waals surface area (Å²) in [5.41, 5.74) is 0.754. The summed E-state index contributed by atoms with van der Waals surface area (Å²) in [4.78, 5) is 11.2. The van der Waals surface area contributed by atoms with Crippen LogP contribution in [0.1, 0.15) is 24.6 Å². The average molecular weight is 162 g/mol. The van der Waals surface area contributed by atoms with Crippen molar-refractivity contribution in [3.05, 3.63) is 34.8 Å². The summed E-state index contributed by atoms with van der Waals surface area (Å²) in [6.45, 7) is 3.60. The van der Waals surface area contributed by atoms with E-state index in [1.165, 1.54) is 0 Å². The highest BCUT2D eigenvalue weighted by molar-refractivity contribution is 5.39. The number of aromatic nitrogens is 2. The molecule has 1 saturated carbocycles. The van der Waals surface area contributed by atoms with Crippen LogP contribution in [0.4, 0.5) is 0 Å². The van der Waals surface area contributed by atoms with Gasteiger partial charge < -0.3 is 0 Å². The van der Waals surface area contributed by atoms with Crippen molar-refractivity contribution in [3.63, 3.8) is 0 Å². The molecule has 1 aliphatic rings. The van der Waals surface area contributed by atoms with Crippen molar-refractivity contribution >= 4 is 6.08 Å². The van der Waals surface area contributed by atoms with E-state index in [0.29, 0.717) is 6.04 Å². The standard InChI is InChI=1S/C9H10N2O/c1-2-7-3-6-9(12)11(10-7)8-4-5-8/h2-3,6,8H,1,4-5H2. The van der Waals surface area contributed by atoms with Crippen LogP contribution in [-0.4, -0.2) is 9.78 Å². The molecular formula is C9H10N2O. The molecule has 1 fully saturated rings. The maximum atomic E-state index is 11.2. The zero-order valence-corrected chi connectivity index (χ0v) is 6.73. The van der Waals surface area contributed by atoms with Gasteiger partial charge in [-0.05, 0) is 25.0 Å². The summed E-state index contributed by atoms with van der Waals surface area (Å²) in [6, 6.07) is 3.58. The first kappa shape index (κ1) is 7.28. The molecule has 3 heteroatoms. The Hall–Kier alpha value is -1.38. The summed E-state index contributed by atoms with van der Waals surface area (Å²) in [6.07, 6.45) is 3.80. The number of rotatable bonds is 2. The van der Waals surface area contributed by atoms with E-state index in [-0.39, 0.29) is 5.56 Å². The van der Waals surface area contributed by atoms with E-state index in [0.717, 1.165) is 18.5 Å². The van der Waals surface area contributed by atoms with Crippen LogP contribution in [0.2, 0.25) is 0 Å². The third-order valence-corrected chi connectivity index (χ3v) is 1.95. The molecule has 62 valence electrons. The molecule has 0 atom stereocenters. The van der Waals surface area contributed by atoms with Gasteiger partial charge in [0, 0.05) is 6.07 Å². The smallest absolute Gasteiger partial charge is 0.267 e. The highest BCUT2D eigenvalue weighted by Gasteiger charge is 2.25. The van der Waals surface area contributed by atoms with Crippen molar-refractivity contribution in [3.8, 4) is 0 Å². The molecule has 0 unspecified atom stereocenters. The third kappa shape index (κ3) is 1.18. The molecule has 0 aliphatic heterocycles. The minimum absolute atomic E-state index is 0.0110. The number of hydrogen-bond acceptors (Lipinski definition) is 2. The van der Waals surface area contributed by atoms with E-state index >= 15 is 0 Å². The van der Waals surface area contributed by atoms with Crippen molar-refractivity contribution in [2.45, 2.75) is 18.9 Å². The summed E-state index contributed by atoms with van der Waals surface area (Å²) < 4.78 is 1.55. The Morgan fingerprint density at radius 2 is 2.33 bits per heavy atom. The van der Waals surface area contributed by atoms with Crippen molar-refractivity contribution in [1.82, 2.24) is 9.78 Å². The van der Waals surface area contributed by atoms with Crippen molar-refractivity contribution in [1.29, 1.82) is 0 Å². The fraction of sp³-hybridized carbons (Fsp3) is 0.333. The molecule has 12 heavy (non-hydrogen) atoms. The van der Waals surface area contributed by atoms with Gasteiger partial charge in [-0.1, -0.05) is 6.58 Å². The highest BCUT2D eigenvalue weighted by atomic mass is 16.1. The van der Waals surface area contributed by atoms with Crippen molar-refractivity contribution in [2.75, 3.05) is 0 Å². The van der Waals surface area contributed by atoms with Crippen LogP contribution in [0, 0.1) is 0 Å². The zero-order valence-electron chi connectivity index (χ0n) is 6.73. The third-order valence-electron chi connectivity index (χ3n) is 1.95. The quantitative estimate of drug-likeness (QED) is 0.655. The van der Waals surface area contributed by atoms with Crippen LogP contribution in [0.15, 0.2) is 23.5 Å². The van der Waals surface area contributed by atoms with Gasteiger partial charge in [0.05, 0.1) is 11.7 Å². The van der Waals surface area contributed by atoms with E-state index in [1.807, 2.05) is 0 Å². The first-order valence-corrected chi connectivity index (χ1v) is 4.03. The topological polar surface area (TPSA) is 34.9 Å². The lowest BCUT2D eigenvalue weighted by Gasteiger charge is -2.01. The second-order valence-corrected chi connectivity index (χ2v) is 2.98. The van der Waals surface area contributed by atoms with E-state index in [2.05, 4.69) is 11.7 Å². The van der Waals surface area contributed by atoms with E-state index in [9.17, 15) is 4.79 Å². The predicted molar refractivity (Wildman–Crippen MR) is 46.9 cm³/mol. The van der Waals surface area contributed by atoms with Gasteiger partial charge in [0.2, 0.25) is 0 Å². The van der Waals surface area contributed by atoms with Gasteiger partial charge in [0.25, 0.3) is 5.56 Å². The van der Waals surface area contributed by atoms with E-state index in [1.54, 1.807) is 22.9 Å². The van der Waals surface area contributed by atoms with Gasteiger partial charge >= 0.3 is 0 Å². The molecule has 1 aromatic heterocycles. The van der Waals surface area contributed by atoms with E-state index < -0.39 is 0 Å². The highest BCUT2D eigenvalue weighted by Crippen LogP contribution is 2.32. The Morgan fingerprint density at radius 1 is 1.58 bits per heavy atom. The summed E-state index contributed by atoms with van der Waals surface area (Å²) in [5, 5.41) is 4.14. The molecule has 0 bridgehead atoms. The van der Waals surface area contributed by atoms with Gasteiger partial charge in [-0.3, -0.25) is 4.79 Å². The molecular weight excluding hydrogens is 152 g/mol. The largest absolute Gasteiger partial charge is 0.268 e. The fourth-order valence-corrected chi connectivity index (χ4v) is 1.13. The van der Waals surface area contributed by atoms with Gasteiger partial charge in [0.15, 0.2) is 0 Å². The van der Waals surface area contributed by atoms with Crippen molar-refractivity contribution in [2.24, 2.45) is 0 Å². The summed E-state index contributed by atoms with van der Waals surface area (Å²) >= 11 is 0. The normalized spacial score (nSPS) is 16.0. The van der Waals surface area contributed by atoms with Gasteiger partial charge in [-0.2, -0.15) is 5.10 Å². The Kier molecular flexibility index (Phi) is 1.57. The zero-order chi connectivity index (χ0) is 8.55. The second kappa shape index (κ2) is 2.59. The fourth-order valence-electron chi connectivity index (χ4n) is 1.13. The Labute approximate surface area is 70.3 Å². The lowest BCUT2D eigenvalue weighted by atomic mass is 10.4. The molecule has 1 aliphatic carbocycles. The summed E-state index contributed by atoms with van der Waals surface area (Å²) in [7, 11) is 0. The molecule has 0 saturated heterocycles. The number of nitrogens with zero attached hydrogens (tertiary/aromatic N) is 2. The Bertz CT molecular complexity index is 363. The van der Waals surface area contributed by atoms with Gasteiger partial charge in [-0.25, -0.2) is 4.68 Å². The molecule has 0 aromatic carbocycles. The van der Waals surface area contributed by atoms with Crippen LogP contribution < -0.4 is 5.56 Å². The van der Waals surface area contributed by atoms with E-state index in [4.69, 9.17) is 0 Å². The molecule has 0 N–H and O–H groups in total. The minimum Gasteiger partial charge on any atom is -0.268 e. The molecule has 0 amide bonds. The monoisotopic (exact) mass is 162 g/mol. The SMILES string of the molecule is C=Cc1ccc(=O)n(C2CC2)n1. The first-order valence-electron chi connectivity index (χ1n) is 4.03. The molecule has 3 nitrogen and oxygen atoms in total.